The highest BCUT2D eigenvalue weighted by Crippen LogP contribution is 2.40. The first-order valence-electron chi connectivity index (χ1n) is 6.95. The minimum Gasteiger partial charge on any atom is -0.271 e. The predicted molar refractivity (Wildman–Crippen MR) is 82.5 cm³/mol. The van der Waals surface area contributed by atoms with E-state index in [1.54, 1.807) is 6.07 Å². The van der Waals surface area contributed by atoms with Gasteiger partial charge in [0.25, 0.3) is 0 Å². The lowest BCUT2D eigenvalue weighted by atomic mass is 9.69. The second-order valence-electron chi connectivity index (χ2n) is 5.87. The van der Waals surface area contributed by atoms with E-state index in [0.29, 0.717) is 5.02 Å². The predicted octanol–water partition coefficient (Wildman–Crippen LogP) is 4.34. The van der Waals surface area contributed by atoms with Crippen molar-refractivity contribution in [2.45, 2.75) is 51.5 Å². The van der Waals surface area contributed by atoms with Gasteiger partial charge in [-0.15, -0.1) is 0 Å². The molecule has 1 unspecified atom stereocenters. The summed E-state index contributed by atoms with van der Waals surface area (Å²) in [5, 5.41) is 1.40. The quantitative estimate of drug-likeness (QED) is 0.641. The lowest BCUT2D eigenvalue weighted by molar-refractivity contribution is 0.144. The van der Waals surface area contributed by atoms with E-state index in [2.05, 4.69) is 12.3 Å². The summed E-state index contributed by atoms with van der Waals surface area (Å²) in [6.07, 6.45) is 7.24. The van der Waals surface area contributed by atoms with Crippen LogP contribution >= 0.6 is 23.2 Å². The van der Waals surface area contributed by atoms with E-state index in [9.17, 15) is 0 Å². The van der Waals surface area contributed by atoms with E-state index < -0.39 is 0 Å². The second kappa shape index (κ2) is 6.45. The molecule has 0 heterocycles. The molecule has 0 amide bonds. The van der Waals surface area contributed by atoms with Crippen molar-refractivity contribution >= 4 is 23.2 Å². The van der Waals surface area contributed by atoms with Crippen LogP contribution in [0.25, 0.3) is 0 Å². The number of benzene rings is 1. The molecule has 2 nitrogen and oxygen atoms in total. The molecule has 1 fully saturated rings. The van der Waals surface area contributed by atoms with Gasteiger partial charge in [-0.3, -0.25) is 11.3 Å². The Morgan fingerprint density at radius 2 is 1.95 bits per heavy atom. The summed E-state index contributed by atoms with van der Waals surface area (Å²) in [7, 11) is 0. The van der Waals surface area contributed by atoms with Gasteiger partial charge >= 0.3 is 0 Å². The normalized spacial score (nSPS) is 20.2. The van der Waals surface area contributed by atoms with Gasteiger partial charge in [-0.25, -0.2) is 0 Å². The van der Waals surface area contributed by atoms with Crippen LogP contribution in [0.15, 0.2) is 18.2 Å². The third kappa shape index (κ3) is 3.63. The topological polar surface area (TPSA) is 38.0 Å². The molecule has 19 heavy (non-hydrogen) atoms. The molecular formula is C15H22Cl2N2. The van der Waals surface area contributed by atoms with Crippen molar-refractivity contribution in [1.29, 1.82) is 0 Å². The Balaban J connectivity index is 2.14. The lowest BCUT2D eigenvalue weighted by Crippen LogP contribution is -2.49. The monoisotopic (exact) mass is 300 g/mol. The maximum absolute atomic E-state index is 6.26. The highest BCUT2D eigenvalue weighted by Gasteiger charge is 2.35. The molecular weight excluding hydrogens is 279 g/mol. The van der Waals surface area contributed by atoms with Gasteiger partial charge in [0.1, 0.15) is 0 Å². The minimum atomic E-state index is 0.256. The molecule has 3 N–H and O–H groups in total. The first-order chi connectivity index (χ1) is 9.05. The molecule has 1 aliphatic rings. The second-order valence-corrected chi connectivity index (χ2v) is 6.72. The van der Waals surface area contributed by atoms with Crippen molar-refractivity contribution in [3.05, 3.63) is 33.8 Å². The van der Waals surface area contributed by atoms with E-state index in [1.165, 1.54) is 32.1 Å². The Labute approximate surface area is 125 Å². The van der Waals surface area contributed by atoms with Gasteiger partial charge in [-0.05, 0) is 42.4 Å². The van der Waals surface area contributed by atoms with E-state index >= 15 is 0 Å². The molecule has 0 saturated heterocycles. The first kappa shape index (κ1) is 15.1. The van der Waals surface area contributed by atoms with Crippen LogP contribution < -0.4 is 11.3 Å². The number of hydrogen-bond acceptors (Lipinski definition) is 2. The summed E-state index contributed by atoms with van der Waals surface area (Å²) >= 11 is 12.2. The van der Waals surface area contributed by atoms with Crippen molar-refractivity contribution in [2.75, 3.05) is 0 Å². The Bertz CT molecular complexity index is 428. The smallest absolute Gasteiger partial charge is 0.0453 e. The fourth-order valence-corrected chi connectivity index (χ4v) is 3.61. The van der Waals surface area contributed by atoms with Crippen LogP contribution in [0.1, 0.15) is 44.6 Å². The zero-order chi connectivity index (χ0) is 13.9. The van der Waals surface area contributed by atoms with Gasteiger partial charge in [0.2, 0.25) is 0 Å². The molecule has 4 heteroatoms. The average Bonchev–Trinajstić information content (AvgIpc) is 2.38. The van der Waals surface area contributed by atoms with Gasteiger partial charge in [0.05, 0.1) is 0 Å². The molecule has 0 aliphatic heterocycles. The largest absolute Gasteiger partial charge is 0.271 e. The van der Waals surface area contributed by atoms with Crippen LogP contribution in [0, 0.1) is 5.41 Å². The summed E-state index contributed by atoms with van der Waals surface area (Å²) in [5.74, 6) is 5.80. The summed E-state index contributed by atoms with van der Waals surface area (Å²) in [6, 6.07) is 5.95. The zero-order valence-electron chi connectivity index (χ0n) is 11.4. The van der Waals surface area contributed by atoms with Crippen molar-refractivity contribution in [1.82, 2.24) is 5.43 Å². The molecule has 2 rings (SSSR count). The van der Waals surface area contributed by atoms with E-state index in [4.69, 9.17) is 29.0 Å². The number of rotatable bonds is 4. The molecule has 1 aromatic rings. The Kier molecular flexibility index (Phi) is 5.13. The van der Waals surface area contributed by atoms with Gasteiger partial charge in [-0.1, -0.05) is 55.5 Å². The Morgan fingerprint density at radius 3 is 2.53 bits per heavy atom. The third-order valence-corrected chi connectivity index (χ3v) is 5.06. The number of nitrogens with two attached hydrogens (primary N) is 1. The van der Waals surface area contributed by atoms with Crippen LogP contribution in [0.5, 0.6) is 0 Å². The number of halogens is 2. The zero-order valence-corrected chi connectivity index (χ0v) is 12.9. The maximum atomic E-state index is 6.26. The average molecular weight is 301 g/mol. The van der Waals surface area contributed by atoms with Crippen LogP contribution in [0.2, 0.25) is 10.0 Å². The minimum absolute atomic E-state index is 0.256. The molecule has 1 aliphatic carbocycles. The van der Waals surface area contributed by atoms with Gasteiger partial charge in [0, 0.05) is 16.1 Å². The third-order valence-electron chi connectivity index (χ3n) is 4.48. The van der Waals surface area contributed by atoms with Crippen molar-refractivity contribution in [2.24, 2.45) is 11.3 Å². The van der Waals surface area contributed by atoms with Crippen molar-refractivity contribution in [3.8, 4) is 0 Å². The van der Waals surface area contributed by atoms with Gasteiger partial charge in [-0.2, -0.15) is 0 Å². The lowest BCUT2D eigenvalue weighted by Gasteiger charge is -2.40. The fraction of sp³-hybridized carbons (Fsp3) is 0.600. The van der Waals surface area contributed by atoms with Crippen LogP contribution in [-0.2, 0) is 6.42 Å². The van der Waals surface area contributed by atoms with Gasteiger partial charge in [0.15, 0.2) is 0 Å². The molecule has 0 aromatic heterocycles. The summed E-state index contributed by atoms with van der Waals surface area (Å²) in [6.45, 7) is 2.33. The van der Waals surface area contributed by atoms with Crippen LogP contribution in [0.4, 0.5) is 0 Å². The van der Waals surface area contributed by atoms with Crippen LogP contribution in [0.3, 0.4) is 0 Å². The SMILES string of the molecule is CC1(C(Cc2ccc(Cl)cc2Cl)NN)CCCCC1. The number of hydrazine groups is 1. The first-order valence-corrected chi connectivity index (χ1v) is 7.71. The van der Waals surface area contributed by atoms with E-state index in [1.807, 2.05) is 12.1 Å². The summed E-state index contributed by atoms with van der Waals surface area (Å²) in [5.41, 5.74) is 4.38. The highest BCUT2D eigenvalue weighted by molar-refractivity contribution is 6.35. The molecule has 1 saturated carbocycles. The number of hydrogen-bond donors (Lipinski definition) is 2. The fourth-order valence-electron chi connectivity index (χ4n) is 3.12. The Morgan fingerprint density at radius 1 is 1.26 bits per heavy atom. The molecule has 1 atom stereocenters. The van der Waals surface area contributed by atoms with E-state index in [0.717, 1.165) is 17.0 Å². The van der Waals surface area contributed by atoms with E-state index in [-0.39, 0.29) is 11.5 Å². The summed E-state index contributed by atoms with van der Waals surface area (Å²) in [4.78, 5) is 0. The maximum Gasteiger partial charge on any atom is 0.0453 e. The highest BCUT2D eigenvalue weighted by atomic mass is 35.5. The summed E-state index contributed by atoms with van der Waals surface area (Å²) < 4.78 is 0. The van der Waals surface area contributed by atoms with Crippen molar-refractivity contribution < 1.29 is 0 Å². The molecule has 106 valence electrons. The molecule has 0 spiro atoms. The molecule has 0 bridgehead atoms. The standard InChI is InChI=1S/C15H22Cl2N2/c1-15(7-3-2-4-8-15)14(19-18)9-11-5-6-12(16)10-13(11)17/h5-6,10,14,19H,2-4,7-9,18H2,1H3. The molecule has 1 aromatic carbocycles. The van der Waals surface area contributed by atoms with Crippen LogP contribution in [-0.4, -0.2) is 6.04 Å². The Hall–Kier alpha value is -0.280. The van der Waals surface area contributed by atoms with Gasteiger partial charge < -0.3 is 0 Å². The molecule has 0 radical (unpaired) electrons. The van der Waals surface area contributed by atoms with Crippen molar-refractivity contribution in [3.63, 3.8) is 0 Å². The number of nitrogens with one attached hydrogen (secondary N) is 1.